The third-order valence-corrected chi connectivity index (χ3v) is 8.64. The van der Waals surface area contributed by atoms with Gasteiger partial charge in [0.05, 0.1) is 0 Å². The average Bonchev–Trinajstić information content (AvgIpc) is 2.29. The smallest absolute Gasteiger partial charge is 0.0961 e. The number of allylic oxidation sites excluding steroid dienone is 2. The van der Waals surface area contributed by atoms with Crippen molar-refractivity contribution in [3.05, 3.63) is 12.2 Å². The quantitative estimate of drug-likeness (QED) is 0.443. The highest BCUT2D eigenvalue weighted by Crippen LogP contribution is 2.48. The van der Waals surface area contributed by atoms with Gasteiger partial charge in [-0.05, 0) is 6.42 Å². The first-order valence-corrected chi connectivity index (χ1v) is 9.17. The van der Waals surface area contributed by atoms with Crippen LogP contribution in [0.4, 0.5) is 0 Å². The molecule has 0 radical (unpaired) electrons. The highest BCUT2D eigenvalue weighted by Gasteiger charge is 2.39. The minimum absolute atomic E-state index is 0.528. The zero-order chi connectivity index (χ0) is 11.1. The van der Waals surface area contributed by atoms with Crippen LogP contribution in [0.1, 0.15) is 59.3 Å². The van der Waals surface area contributed by atoms with E-state index in [4.69, 9.17) is 0 Å². The molecule has 1 heteroatoms. The predicted octanol–water partition coefficient (Wildman–Crippen LogP) is 5.19. The van der Waals surface area contributed by atoms with Crippen LogP contribution in [0.5, 0.6) is 0 Å². The molecular formula is C14H27Al. The van der Waals surface area contributed by atoms with E-state index < -0.39 is 14.1 Å². The zero-order valence-corrected chi connectivity index (χ0v) is 12.0. The van der Waals surface area contributed by atoms with Crippen LogP contribution in [0.3, 0.4) is 0 Å². The Bertz CT molecular complexity index is 186. The molecule has 0 aromatic heterocycles. The lowest BCUT2D eigenvalue weighted by Crippen LogP contribution is -2.32. The molecule has 15 heavy (non-hydrogen) atoms. The summed E-state index contributed by atoms with van der Waals surface area (Å²) in [6.45, 7) is 7.12. The molecule has 0 aliphatic heterocycles. The lowest BCUT2D eigenvalue weighted by molar-refractivity contribution is 0.424. The van der Waals surface area contributed by atoms with Crippen LogP contribution in [-0.2, 0) is 0 Å². The molecular weight excluding hydrogens is 195 g/mol. The van der Waals surface area contributed by atoms with Crippen LogP contribution in [-0.4, -0.2) is 14.1 Å². The molecule has 0 saturated heterocycles. The summed E-state index contributed by atoms with van der Waals surface area (Å²) in [5, 5.41) is 2.98. The van der Waals surface area contributed by atoms with E-state index >= 15 is 0 Å². The number of hydrogen-bond acceptors (Lipinski definition) is 0. The Labute approximate surface area is 101 Å². The summed E-state index contributed by atoms with van der Waals surface area (Å²) in [5.41, 5.74) is 0. The van der Waals surface area contributed by atoms with Crippen molar-refractivity contribution in [2.24, 2.45) is 0 Å². The van der Waals surface area contributed by atoms with Crippen LogP contribution >= 0.6 is 0 Å². The monoisotopic (exact) mass is 222 g/mol. The van der Waals surface area contributed by atoms with Crippen LogP contribution in [0.25, 0.3) is 0 Å². The second-order valence-electron chi connectivity index (χ2n) is 5.12. The summed E-state index contributed by atoms with van der Waals surface area (Å²) < 4.78 is 0.706. The molecule has 1 rings (SSSR count). The van der Waals surface area contributed by atoms with Gasteiger partial charge in [0.2, 0.25) is 0 Å². The molecule has 0 amide bonds. The molecule has 1 aliphatic carbocycles. The second kappa shape index (κ2) is 6.77. The maximum absolute atomic E-state index is 2.63. The van der Waals surface area contributed by atoms with Crippen LogP contribution in [0.2, 0.25) is 14.8 Å². The topological polar surface area (TPSA) is 0 Å². The molecule has 86 valence electrons. The average molecular weight is 222 g/mol. The Morgan fingerprint density at radius 1 is 1.00 bits per heavy atom. The van der Waals surface area contributed by atoms with Gasteiger partial charge in [0, 0.05) is 0 Å². The number of hydrogen-bond donors (Lipinski definition) is 0. The number of rotatable bonds is 5. The van der Waals surface area contributed by atoms with Crippen molar-refractivity contribution in [3.8, 4) is 0 Å². The Balaban J connectivity index is 2.77. The summed E-state index contributed by atoms with van der Waals surface area (Å²) in [7, 11) is 0. The van der Waals surface area contributed by atoms with Crippen molar-refractivity contribution in [2.75, 3.05) is 0 Å². The lowest BCUT2D eigenvalue weighted by atomic mass is 9.87. The van der Waals surface area contributed by atoms with Crippen molar-refractivity contribution in [3.63, 3.8) is 0 Å². The summed E-state index contributed by atoms with van der Waals surface area (Å²) >= 11 is -0.528. The first kappa shape index (κ1) is 13.3. The maximum atomic E-state index is 2.63. The van der Waals surface area contributed by atoms with Crippen molar-refractivity contribution >= 4 is 14.1 Å². The fraction of sp³-hybridized carbons (Fsp3) is 0.857. The van der Waals surface area contributed by atoms with Crippen molar-refractivity contribution < 1.29 is 0 Å². The minimum Gasteiger partial charge on any atom is -0.0961 e. The van der Waals surface area contributed by atoms with Crippen LogP contribution < -0.4 is 0 Å². The van der Waals surface area contributed by atoms with Gasteiger partial charge >= 0.3 is 0 Å². The predicted molar refractivity (Wildman–Crippen MR) is 71.9 cm³/mol. The van der Waals surface area contributed by atoms with Gasteiger partial charge in [-0.15, -0.1) is 0 Å². The summed E-state index contributed by atoms with van der Waals surface area (Å²) in [6, 6.07) is 0. The largest absolute Gasteiger partial charge is 0.274 e. The summed E-state index contributed by atoms with van der Waals surface area (Å²) in [5.74, 6) is 0. The van der Waals surface area contributed by atoms with E-state index in [9.17, 15) is 0 Å². The highest BCUT2D eigenvalue weighted by molar-refractivity contribution is 6.62. The van der Waals surface area contributed by atoms with E-state index in [-0.39, 0.29) is 0 Å². The van der Waals surface area contributed by atoms with Crippen LogP contribution in [0, 0.1) is 0 Å². The molecule has 0 aromatic carbocycles. The Hall–Kier alpha value is 0.272. The van der Waals surface area contributed by atoms with E-state index in [0.29, 0.717) is 4.28 Å². The van der Waals surface area contributed by atoms with Gasteiger partial charge in [0.15, 0.2) is 0 Å². The van der Waals surface area contributed by atoms with Gasteiger partial charge in [0.1, 0.15) is 0 Å². The Morgan fingerprint density at radius 3 is 2.07 bits per heavy atom. The SMILES string of the molecule is CC/C=C/[C]1([Al]([CH2]C)[CH2]C)CCCCC1. The zero-order valence-electron chi connectivity index (χ0n) is 10.9. The molecule has 0 unspecified atom stereocenters. The van der Waals surface area contributed by atoms with Gasteiger partial charge in [-0.1, -0.05) is 79.9 Å². The highest BCUT2D eigenvalue weighted by atomic mass is 27.2. The molecule has 0 N–H and O–H groups in total. The fourth-order valence-corrected chi connectivity index (χ4v) is 7.21. The van der Waals surface area contributed by atoms with E-state index in [2.05, 4.69) is 32.9 Å². The summed E-state index contributed by atoms with van der Waals surface area (Å²) in [4.78, 5) is 0. The minimum atomic E-state index is -0.528. The molecule has 0 heterocycles. The standard InChI is InChI=1S/C10H17.2C2H5.Al/c1-2-3-7-10-8-5-4-6-9-10;2*1-2;/h3,7H,2,4-6,8-9H2,1H3;2*1H2,2H3;/b7-3+;;;. The van der Waals surface area contributed by atoms with E-state index in [1.807, 2.05) is 0 Å². The van der Waals surface area contributed by atoms with E-state index in [1.165, 1.54) is 49.1 Å². The third-order valence-electron chi connectivity index (χ3n) is 4.27. The molecule has 0 nitrogen and oxygen atoms in total. The molecule has 0 bridgehead atoms. The van der Waals surface area contributed by atoms with Crippen LogP contribution in [0.15, 0.2) is 12.2 Å². The van der Waals surface area contributed by atoms with Crippen molar-refractivity contribution in [1.82, 2.24) is 0 Å². The normalized spacial score (nSPS) is 20.7. The first-order chi connectivity index (χ1) is 7.29. The molecule has 1 aliphatic rings. The first-order valence-electron chi connectivity index (χ1n) is 6.96. The van der Waals surface area contributed by atoms with Gasteiger partial charge in [-0.2, -0.15) is 0 Å². The van der Waals surface area contributed by atoms with Crippen molar-refractivity contribution in [1.29, 1.82) is 0 Å². The molecule has 1 saturated carbocycles. The molecule has 0 atom stereocenters. The third kappa shape index (κ3) is 3.37. The molecule has 0 aromatic rings. The summed E-state index contributed by atoms with van der Waals surface area (Å²) in [6.07, 6.45) is 13.7. The van der Waals surface area contributed by atoms with Gasteiger partial charge in [-0.25, -0.2) is 0 Å². The van der Waals surface area contributed by atoms with Gasteiger partial charge in [-0.3, -0.25) is 0 Å². The molecule has 1 fully saturated rings. The fourth-order valence-electron chi connectivity index (χ4n) is 3.38. The van der Waals surface area contributed by atoms with E-state index in [1.54, 1.807) is 0 Å². The van der Waals surface area contributed by atoms with E-state index in [0.717, 1.165) is 0 Å². The molecule has 0 spiro atoms. The van der Waals surface area contributed by atoms with Gasteiger partial charge < -0.3 is 0 Å². The Kier molecular flexibility index (Phi) is 6.02. The lowest BCUT2D eigenvalue weighted by Gasteiger charge is -2.39. The second-order valence-corrected chi connectivity index (χ2v) is 9.29. The Morgan fingerprint density at radius 2 is 1.60 bits per heavy atom. The van der Waals surface area contributed by atoms with Gasteiger partial charge in [0.25, 0.3) is 14.1 Å². The maximum Gasteiger partial charge on any atom is 0.274 e. The van der Waals surface area contributed by atoms with Crippen molar-refractivity contribution in [2.45, 2.75) is 74.1 Å².